The summed E-state index contributed by atoms with van der Waals surface area (Å²) >= 11 is 0. The Balaban J connectivity index is 1.64. The second kappa shape index (κ2) is 3.29. The molecule has 0 aromatic heterocycles. The van der Waals surface area contributed by atoms with Crippen LogP contribution in [0, 0.1) is 22.7 Å². The van der Waals surface area contributed by atoms with Crippen LogP contribution in [0.1, 0.15) is 35.8 Å². The van der Waals surface area contributed by atoms with Gasteiger partial charge < -0.3 is 9.47 Å². The van der Waals surface area contributed by atoms with E-state index >= 15 is 0 Å². The van der Waals surface area contributed by atoms with Crippen molar-refractivity contribution in [1.29, 1.82) is 0 Å². The van der Waals surface area contributed by atoms with Gasteiger partial charge in [0.1, 0.15) is 11.5 Å². The number of fused-ring (bicyclic) bond motifs is 4. The quantitative estimate of drug-likeness (QED) is 0.766. The first kappa shape index (κ1) is 11.8. The van der Waals surface area contributed by atoms with Crippen molar-refractivity contribution in [3.05, 3.63) is 47.6 Å². The molecule has 112 valence electrons. The van der Waals surface area contributed by atoms with Crippen LogP contribution in [-0.4, -0.2) is 14.2 Å². The van der Waals surface area contributed by atoms with Gasteiger partial charge in [-0.1, -0.05) is 24.3 Å². The predicted molar refractivity (Wildman–Crippen MR) is 84.4 cm³/mol. The Hall–Kier alpha value is -1.70. The summed E-state index contributed by atoms with van der Waals surface area (Å²) in [4.78, 5) is 0. The van der Waals surface area contributed by atoms with E-state index in [1.807, 2.05) is 0 Å². The molecule has 22 heavy (non-hydrogen) atoms. The van der Waals surface area contributed by atoms with Gasteiger partial charge in [-0.15, -0.1) is 0 Å². The van der Waals surface area contributed by atoms with Crippen molar-refractivity contribution >= 4 is 0 Å². The Morgan fingerprint density at radius 2 is 1.55 bits per heavy atom. The molecule has 6 atom stereocenters. The Labute approximate surface area is 130 Å². The Kier molecular flexibility index (Phi) is 1.77. The highest BCUT2D eigenvalue weighted by Crippen LogP contribution is 2.91. The molecule has 5 aliphatic rings. The van der Waals surface area contributed by atoms with Gasteiger partial charge in [-0.2, -0.15) is 0 Å². The molecule has 0 amide bonds. The summed E-state index contributed by atoms with van der Waals surface area (Å²) in [5.41, 5.74) is 3.73. The molecule has 1 aromatic carbocycles. The van der Waals surface area contributed by atoms with E-state index in [1.165, 1.54) is 24.0 Å². The van der Waals surface area contributed by atoms with Crippen molar-refractivity contribution in [2.75, 3.05) is 14.2 Å². The number of hydrogen-bond donors (Lipinski definition) is 0. The minimum atomic E-state index is 0.360. The molecule has 2 nitrogen and oxygen atoms in total. The highest BCUT2D eigenvalue weighted by Gasteiger charge is 2.84. The Bertz CT molecular complexity index is 776. The van der Waals surface area contributed by atoms with E-state index in [0.717, 1.165) is 23.3 Å². The van der Waals surface area contributed by atoms with Gasteiger partial charge in [-0.3, -0.25) is 0 Å². The first-order valence-electron chi connectivity index (χ1n) is 8.39. The van der Waals surface area contributed by atoms with Gasteiger partial charge in [-0.05, 0) is 42.7 Å². The summed E-state index contributed by atoms with van der Waals surface area (Å²) in [6.07, 6.45) is 12.3. The second-order valence-electron chi connectivity index (χ2n) is 7.70. The van der Waals surface area contributed by atoms with E-state index in [9.17, 15) is 0 Å². The highest BCUT2D eigenvalue weighted by atomic mass is 16.5. The maximum Gasteiger partial charge on any atom is 0.122 e. The third-order valence-corrected chi connectivity index (χ3v) is 7.52. The molecule has 0 N–H and O–H groups in total. The predicted octanol–water partition coefficient (Wildman–Crippen LogP) is 4.04. The van der Waals surface area contributed by atoms with Gasteiger partial charge >= 0.3 is 0 Å². The standard InChI is InChI=1S/C20H20O2/c1-21-11-5-6-12(22-2)14-13(11)15-16-17(14)19-7-3-4-8-20(19,10-9-19)18(15)16/h3-6,9-10,15-18H,7-8H2,1-2H3/t15-,16-,17-,18-,19+,20+/m1/s1. The summed E-state index contributed by atoms with van der Waals surface area (Å²) < 4.78 is 11.5. The fourth-order valence-electron chi connectivity index (χ4n) is 6.86. The molecular weight excluding hydrogens is 272 g/mol. The molecule has 6 rings (SSSR count). The Morgan fingerprint density at radius 3 is 2.18 bits per heavy atom. The zero-order valence-corrected chi connectivity index (χ0v) is 13.0. The smallest absolute Gasteiger partial charge is 0.122 e. The molecule has 0 spiro atoms. The van der Waals surface area contributed by atoms with Gasteiger partial charge in [-0.25, -0.2) is 0 Å². The molecule has 2 saturated carbocycles. The summed E-state index contributed by atoms with van der Waals surface area (Å²) in [5, 5.41) is 0. The fourth-order valence-corrected chi connectivity index (χ4v) is 6.86. The lowest BCUT2D eigenvalue weighted by Gasteiger charge is -2.55. The molecule has 0 heterocycles. The van der Waals surface area contributed by atoms with Crippen LogP contribution in [0.2, 0.25) is 0 Å². The average molecular weight is 292 g/mol. The van der Waals surface area contributed by atoms with Crippen LogP contribution < -0.4 is 9.47 Å². The van der Waals surface area contributed by atoms with Gasteiger partial charge in [0.2, 0.25) is 0 Å². The van der Waals surface area contributed by atoms with Gasteiger partial charge in [0, 0.05) is 27.9 Å². The van der Waals surface area contributed by atoms with E-state index in [0.29, 0.717) is 22.7 Å². The van der Waals surface area contributed by atoms with Crippen molar-refractivity contribution in [3.63, 3.8) is 0 Å². The van der Waals surface area contributed by atoms with Crippen LogP contribution in [0.5, 0.6) is 11.5 Å². The molecule has 1 aromatic rings. The summed E-state index contributed by atoms with van der Waals surface area (Å²) in [6.45, 7) is 0. The van der Waals surface area contributed by atoms with Crippen LogP contribution in [0.15, 0.2) is 36.4 Å². The SMILES string of the molecule is COc1ccc(OC)c2c1[C@@H]1[C@H]3[C@@H]1[C@]14C=C[C@@]1(CC=CC4)[C@H]23. The number of ether oxygens (including phenoxy) is 2. The highest BCUT2D eigenvalue weighted by molar-refractivity contribution is 5.67. The fraction of sp³-hybridized carbons (Fsp3) is 0.500. The summed E-state index contributed by atoms with van der Waals surface area (Å²) in [7, 11) is 3.61. The van der Waals surface area contributed by atoms with Gasteiger partial charge in [0.25, 0.3) is 0 Å². The van der Waals surface area contributed by atoms with Crippen LogP contribution in [-0.2, 0) is 0 Å². The van der Waals surface area contributed by atoms with E-state index in [-0.39, 0.29) is 0 Å². The number of benzene rings is 1. The van der Waals surface area contributed by atoms with E-state index in [1.54, 1.807) is 14.2 Å². The molecule has 0 saturated heterocycles. The first-order chi connectivity index (χ1) is 10.8. The number of hydrogen-bond acceptors (Lipinski definition) is 2. The van der Waals surface area contributed by atoms with Crippen LogP contribution >= 0.6 is 0 Å². The molecule has 2 heteroatoms. The second-order valence-corrected chi connectivity index (χ2v) is 7.70. The average Bonchev–Trinajstić information content (AvgIpc) is 3.10. The summed E-state index contributed by atoms with van der Waals surface area (Å²) in [6, 6.07) is 4.21. The molecule has 2 fully saturated rings. The summed E-state index contributed by atoms with van der Waals surface area (Å²) in [5.74, 6) is 5.14. The number of rotatable bonds is 2. The maximum absolute atomic E-state index is 5.76. The molecular formula is C20H20O2. The zero-order chi connectivity index (χ0) is 14.7. The number of allylic oxidation sites excluding steroid dienone is 4. The molecule has 0 radical (unpaired) electrons. The third-order valence-electron chi connectivity index (χ3n) is 7.52. The molecule has 0 aliphatic heterocycles. The maximum atomic E-state index is 5.76. The van der Waals surface area contributed by atoms with Crippen molar-refractivity contribution in [3.8, 4) is 11.5 Å². The minimum Gasteiger partial charge on any atom is -0.496 e. The molecule has 0 unspecified atom stereocenters. The van der Waals surface area contributed by atoms with Crippen molar-refractivity contribution < 1.29 is 9.47 Å². The minimum absolute atomic E-state index is 0.360. The van der Waals surface area contributed by atoms with Gasteiger partial charge in [0.15, 0.2) is 0 Å². The Morgan fingerprint density at radius 1 is 0.909 bits per heavy atom. The van der Waals surface area contributed by atoms with E-state index in [2.05, 4.69) is 36.4 Å². The van der Waals surface area contributed by atoms with Crippen molar-refractivity contribution in [1.82, 2.24) is 0 Å². The largest absolute Gasteiger partial charge is 0.496 e. The number of methoxy groups -OCH3 is 2. The van der Waals surface area contributed by atoms with E-state index in [4.69, 9.17) is 9.47 Å². The lowest BCUT2D eigenvalue weighted by molar-refractivity contribution is 0.0837. The van der Waals surface area contributed by atoms with Crippen LogP contribution in [0.25, 0.3) is 0 Å². The van der Waals surface area contributed by atoms with E-state index < -0.39 is 0 Å². The normalized spacial score (nSPS) is 47.2. The molecule has 5 aliphatic carbocycles. The monoisotopic (exact) mass is 292 g/mol. The van der Waals surface area contributed by atoms with Crippen molar-refractivity contribution in [2.45, 2.75) is 24.7 Å². The third kappa shape index (κ3) is 0.893. The first-order valence-corrected chi connectivity index (χ1v) is 8.39. The lowest BCUT2D eigenvalue weighted by atomic mass is 9.48. The zero-order valence-electron chi connectivity index (χ0n) is 13.0. The lowest BCUT2D eigenvalue weighted by Crippen LogP contribution is -2.48. The molecule has 0 bridgehead atoms. The van der Waals surface area contributed by atoms with Gasteiger partial charge in [0.05, 0.1) is 14.2 Å². The van der Waals surface area contributed by atoms with Crippen LogP contribution in [0.4, 0.5) is 0 Å². The van der Waals surface area contributed by atoms with Crippen molar-refractivity contribution in [2.24, 2.45) is 22.7 Å². The van der Waals surface area contributed by atoms with Crippen LogP contribution in [0.3, 0.4) is 0 Å². The topological polar surface area (TPSA) is 18.5 Å².